The number of ether oxygens (including phenoxy) is 1. The molecule has 132 valence electrons. The topological polar surface area (TPSA) is 85.9 Å². The minimum absolute atomic E-state index is 0.167. The Labute approximate surface area is 151 Å². The highest BCUT2D eigenvalue weighted by Crippen LogP contribution is 2.27. The maximum atomic E-state index is 12.0. The molecule has 0 aliphatic rings. The fourth-order valence-electron chi connectivity index (χ4n) is 2.22. The van der Waals surface area contributed by atoms with Crippen molar-refractivity contribution in [3.05, 3.63) is 58.1 Å². The van der Waals surface area contributed by atoms with Crippen molar-refractivity contribution in [3.63, 3.8) is 0 Å². The van der Waals surface area contributed by atoms with Gasteiger partial charge in [0, 0.05) is 5.56 Å². The first-order valence-corrected chi connectivity index (χ1v) is 7.95. The summed E-state index contributed by atoms with van der Waals surface area (Å²) in [4.78, 5) is 17.0. The number of hydrogen-bond acceptors (Lipinski definition) is 4. The number of benzene rings is 2. The molecule has 0 radical (unpaired) electrons. The highest BCUT2D eigenvalue weighted by molar-refractivity contribution is 6.34. The van der Waals surface area contributed by atoms with Crippen molar-refractivity contribution in [1.82, 2.24) is 0 Å². The standard InChI is InChI=1S/C18H20ClN3O3/c1-11-8-12(2)17(15(19)9-11)21-16(23)10-25-22-18(20)13-4-6-14(24-3)7-5-13/h4-9H,10H2,1-3H3,(H2,20,22)(H,21,23). The largest absolute Gasteiger partial charge is 0.497 e. The van der Waals surface area contributed by atoms with Gasteiger partial charge in [-0.15, -0.1) is 0 Å². The van der Waals surface area contributed by atoms with Gasteiger partial charge in [0.25, 0.3) is 5.91 Å². The molecule has 0 aliphatic carbocycles. The van der Waals surface area contributed by atoms with E-state index in [2.05, 4.69) is 10.5 Å². The van der Waals surface area contributed by atoms with Crippen LogP contribution >= 0.6 is 11.6 Å². The smallest absolute Gasteiger partial charge is 0.265 e. The van der Waals surface area contributed by atoms with Gasteiger partial charge in [-0.1, -0.05) is 22.8 Å². The zero-order valence-corrected chi connectivity index (χ0v) is 15.1. The highest BCUT2D eigenvalue weighted by atomic mass is 35.5. The molecule has 2 rings (SSSR count). The van der Waals surface area contributed by atoms with E-state index in [0.717, 1.165) is 11.1 Å². The number of nitrogens with zero attached hydrogens (tertiary/aromatic N) is 1. The van der Waals surface area contributed by atoms with Crippen LogP contribution in [-0.2, 0) is 9.63 Å². The van der Waals surface area contributed by atoms with E-state index in [4.69, 9.17) is 26.9 Å². The molecule has 1 amide bonds. The molecule has 3 N–H and O–H groups in total. The summed E-state index contributed by atoms with van der Waals surface area (Å²) in [5.41, 5.74) is 8.95. The summed E-state index contributed by atoms with van der Waals surface area (Å²) in [6.45, 7) is 3.53. The zero-order valence-electron chi connectivity index (χ0n) is 14.3. The van der Waals surface area contributed by atoms with Crippen molar-refractivity contribution < 1.29 is 14.4 Å². The van der Waals surface area contributed by atoms with Gasteiger partial charge in [0.15, 0.2) is 12.4 Å². The third-order valence-electron chi connectivity index (χ3n) is 3.44. The van der Waals surface area contributed by atoms with E-state index in [9.17, 15) is 4.79 Å². The Balaban J connectivity index is 1.93. The Morgan fingerprint density at radius 3 is 2.52 bits per heavy atom. The van der Waals surface area contributed by atoms with Crippen LogP contribution in [0.25, 0.3) is 0 Å². The zero-order chi connectivity index (χ0) is 18.4. The number of aryl methyl sites for hydroxylation is 2. The molecule has 0 saturated heterocycles. The molecule has 0 bridgehead atoms. The number of halogens is 1. The summed E-state index contributed by atoms with van der Waals surface area (Å²) >= 11 is 6.15. The first kappa shape index (κ1) is 18.6. The van der Waals surface area contributed by atoms with Crippen LogP contribution in [0.15, 0.2) is 41.6 Å². The first-order valence-electron chi connectivity index (χ1n) is 7.57. The van der Waals surface area contributed by atoms with Crippen molar-refractivity contribution in [2.24, 2.45) is 10.9 Å². The molecule has 0 heterocycles. The lowest BCUT2D eigenvalue weighted by atomic mass is 10.1. The molecule has 0 aliphatic heterocycles. The summed E-state index contributed by atoms with van der Waals surface area (Å²) in [5.74, 6) is 0.502. The molecule has 7 heteroatoms. The third kappa shape index (κ3) is 5.12. The Bertz CT molecular complexity index is 766. The van der Waals surface area contributed by atoms with E-state index in [0.29, 0.717) is 22.0 Å². The Kier molecular flexibility index (Phi) is 6.25. The summed E-state index contributed by atoms with van der Waals surface area (Å²) in [5, 5.41) is 6.94. The maximum absolute atomic E-state index is 12.0. The highest BCUT2D eigenvalue weighted by Gasteiger charge is 2.10. The minimum Gasteiger partial charge on any atom is -0.497 e. The number of oxime groups is 1. The van der Waals surface area contributed by atoms with Gasteiger partial charge in [-0.05, 0) is 55.3 Å². The molecule has 0 fully saturated rings. The molecule has 0 saturated carbocycles. The number of hydrogen-bond donors (Lipinski definition) is 2. The van der Waals surface area contributed by atoms with Crippen LogP contribution in [0.4, 0.5) is 5.69 Å². The number of anilines is 1. The number of carbonyl (C=O) groups excluding carboxylic acids is 1. The predicted molar refractivity (Wildman–Crippen MR) is 99.2 cm³/mol. The van der Waals surface area contributed by atoms with E-state index in [1.54, 1.807) is 37.4 Å². The molecule has 2 aromatic rings. The van der Waals surface area contributed by atoms with Gasteiger partial charge >= 0.3 is 0 Å². The Hall–Kier alpha value is -2.73. The number of nitrogens with two attached hydrogens (primary N) is 1. The minimum atomic E-state index is -0.375. The van der Waals surface area contributed by atoms with Gasteiger partial charge < -0.3 is 20.6 Å². The van der Waals surface area contributed by atoms with E-state index in [1.165, 1.54) is 0 Å². The van der Waals surface area contributed by atoms with Crippen LogP contribution < -0.4 is 15.8 Å². The molecule has 2 aromatic carbocycles. The number of amidine groups is 1. The summed E-state index contributed by atoms with van der Waals surface area (Å²) in [6, 6.07) is 10.7. The molecule has 6 nitrogen and oxygen atoms in total. The Morgan fingerprint density at radius 2 is 1.92 bits per heavy atom. The van der Waals surface area contributed by atoms with E-state index < -0.39 is 0 Å². The van der Waals surface area contributed by atoms with Crippen LogP contribution in [0.2, 0.25) is 5.02 Å². The van der Waals surface area contributed by atoms with Gasteiger partial charge in [0.05, 0.1) is 17.8 Å². The van der Waals surface area contributed by atoms with Crippen molar-refractivity contribution in [2.75, 3.05) is 19.0 Å². The molecule has 0 unspecified atom stereocenters. The van der Waals surface area contributed by atoms with Crippen LogP contribution in [0.5, 0.6) is 5.75 Å². The molecular formula is C18H20ClN3O3. The summed E-state index contributed by atoms with van der Waals surface area (Å²) in [7, 11) is 1.58. The monoisotopic (exact) mass is 361 g/mol. The fraction of sp³-hybridized carbons (Fsp3) is 0.222. The van der Waals surface area contributed by atoms with Gasteiger partial charge in [-0.25, -0.2) is 0 Å². The van der Waals surface area contributed by atoms with Gasteiger partial charge in [-0.3, -0.25) is 4.79 Å². The number of methoxy groups -OCH3 is 1. The molecule has 0 aromatic heterocycles. The number of carbonyl (C=O) groups is 1. The molecule has 0 spiro atoms. The lowest BCUT2D eigenvalue weighted by Crippen LogP contribution is -2.20. The molecule has 0 atom stereocenters. The SMILES string of the molecule is COc1ccc(/C(N)=N/OCC(=O)Nc2c(C)cc(C)cc2Cl)cc1. The summed E-state index contributed by atoms with van der Waals surface area (Å²) < 4.78 is 5.07. The first-order chi connectivity index (χ1) is 11.9. The van der Waals surface area contributed by atoms with E-state index in [-0.39, 0.29) is 18.3 Å². The second-order valence-electron chi connectivity index (χ2n) is 5.47. The molecule has 25 heavy (non-hydrogen) atoms. The maximum Gasteiger partial charge on any atom is 0.265 e. The average Bonchev–Trinajstić information content (AvgIpc) is 2.58. The lowest BCUT2D eigenvalue weighted by molar-refractivity contribution is -0.120. The quantitative estimate of drug-likeness (QED) is 0.470. The van der Waals surface area contributed by atoms with Crippen molar-refractivity contribution in [1.29, 1.82) is 0 Å². The van der Waals surface area contributed by atoms with Crippen LogP contribution in [0.3, 0.4) is 0 Å². The fourth-order valence-corrected chi connectivity index (χ4v) is 2.59. The normalized spacial score (nSPS) is 11.1. The second kappa shape index (κ2) is 8.39. The van der Waals surface area contributed by atoms with Crippen molar-refractivity contribution in [3.8, 4) is 5.75 Å². The van der Waals surface area contributed by atoms with Crippen molar-refractivity contribution >= 4 is 29.0 Å². The lowest BCUT2D eigenvalue weighted by Gasteiger charge is -2.11. The van der Waals surface area contributed by atoms with Crippen LogP contribution in [-0.4, -0.2) is 25.5 Å². The van der Waals surface area contributed by atoms with Crippen molar-refractivity contribution in [2.45, 2.75) is 13.8 Å². The van der Waals surface area contributed by atoms with Crippen LogP contribution in [0.1, 0.15) is 16.7 Å². The number of rotatable bonds is 6. The van der Waals surface area contributed by atoms with E-state index >= 15 is 0 Å². The summed E-state index contributed by atoms with van der Waals surface area (Å²) in [6.07, 6.45) is 0. The number of amides is 1. The van der Waals surface area contributed by atoms with Crippen LogP contribution in [0, 0.1) is 13.8 Å². The second-order valence-corrected chi connectivity index (χ2v) is 5.87. The molecular weight excluding hydrogens is 342 g/mol. The average molecular weight is 362 g/mol. The third-order valence-corrected chi connectivity index (χ3v) is 3.74. The van der Waals surface area contributed by atoms with Gasteiger partial charge in [0.1, 0.15) is 5.75 Å². The van der Waals surface area contributed by atoms with E-state index in [1.807, 2.05) is 19.9 Å². The van der Waals surface area contributed by atoms with Gasteiger partial charge in [-0.2, -0.15) is 0 Å². The Morgan fingerprint density at radius 1 is 1.24 bits per heavy atom. The number of nitrogens with one attached hydrogen (secondary N) is 1. The predicted octanol–water partition coefficient (Wildman–Crippen LogP) is 3.24. The van der Waals surface area contributed by atoms with Gasteiger partial charge in [0.2, 0.25) is 0 Å².